The predicted octanol–water partition coefficient (Wildman–Crippen LogP) is 2.61. The number of carbonyl (C=O) groups is 2. The molecule has 1 saturated heterocycles. The third kappa shape index (κ3) is 5.90. The van der Waals surface area contributed by atoms with Crippen LogP contribution >= 0.6 is 0 Å². The fourth-order valence-electron chi connectivity index (χ4n) is 2.12. The molecule has 0 aromatic heterocycles. The maximum absolute atomic E-state index is 12.1. The molecule has 0 aromatic rings. The van der Waals surface area contributed by atoms with Crippen LogP contribution in [0.25, 0.3) is 0 Å². The summed E-state index contributed by atoms with van der Waals surface area (Å²) in [5.74, 6) is 0.0352. The van der Waals surface area contributed by atoms with Crippen molar-refractivity contribution in [2.75, 3.05) is 13.2 Å². The minimum atomic E-state index is -0.579. The Morgan fingerprint density at radius 1 is 1.25 bits per heavy atom. The summed E-state index contributed by atoms with van der Waals surface area (Å²) < 4.78 is 5.30. The van der Waals surface area contributed by atoms with E-state index in [2.05, 4.69) is 0 Å². The van der Waals surface area contributed by atoms with E-state index in [0.717, 1.165) is 6.42 Å². The summed E-state index contributed by atoms with van der Waals surface area (Å²) in [7, 11) is 0. The van der Waals surface area contributed by atoms with Crippen molar-refractivity contribution in [3.8, 4) is 0 Å². The van der Waals surface area contributed by atoms with Gasteiger partial charge in [0.1, 0.15) is 12.2 Å². The molecule has 0 aliphatic carbocycles. The Morgan fingerprint density at radius 3 is 2.25 bits per heavy atom. The molecule has 1 fully saturated rings. The van der Waals surface area contributed by atoms with Gasteiger partial charge in [0.25, 0.3) is 0 Å². The van der Waals surface area contributed by atoms with Crippen molar-refractivity contribution in [1.82, 2.24) is 4.90 Å². The number of nitrogens with zero attached hydrogens (tertiary/aromatic N) is 1. The molecule has 2 unspecified atom stereocenters. The van der Waals surface area contributed by atoms with E-state index in [-0.39, 0.29) is 5.78 Å². The molecule has 2 atom stereocenters. The molecule has 1 N–H and O–H groups in total. The number of hydrogen-bond donors (Lipinski definition) is 1. The quantitative estimate of drug-likeness (QED) is 0.847. The van der Waals surface area contributed by atoms with E-state index in [9.17, 15) is 9.59 Å². The minimum absolute atomic E-state index is 0.312. The third-order valence-electron chi connectivity index (χ3n) is 2.97. The minimum Gasteiger partial charge on any atom is -0.444 e. The number of Topliss-reactive ketones (excluding diaryl/α,β-unsaturated/α-hetero) is 1. The Kier molecular flexibility index (Phi) is 7.79. The van der Waals surface area contributed by atoms with Crippen molar-refractivity contribution >= 4 is 11.9 Å². The van der Waals surface area contributed by atoms with Crippen LogP contribution in [0.5, 0.6) is 0 Å². The number of hydrogen-bond acceptors (Lipinski definition) is 4. The van der Waals surface area contributed by atoms with Gasteiger partial charge in [0, 0.05) is 6.54 Å². The predicted molar refractivity (Wildman–Crippen MR) is 78.6 cm³/mol. The zero-order chi connectivity index (χ0) is 15.9. The molecule has 1 rings (SSSR count). The fraction of sp³-hybridized carbons (Fsp3) is 0.867. The largest absolute Gasteiger partial charge is 0.444 e. The van der Waals surface area contributed by atoms with E-state index in [4.69, 9.17) is 9.84 Å². The normalized spacial score (nSPS) is 22.6. The van der Waals surface area contributed by atoms with Crippen LogP contribution in [0.15, 0.2) is 0 Å². The number of aliphatic hydroxyl groups excluding tert-OH is 1. The van der Waals surface area contributed by atoms with Crippen molar-refractivity contribution in [1.29, 1.82) is 0 Å². The van der Waals surface area contributed by atoms with Gasteiger partial charge in [-0.3, -0.25) is 9.69 Å². The van der Waals surface area contributed by atoms with Crippen LogP contribution in [0, 0.1) is 5.92 Å². The van der Waals surface area contributed by atoms with Crippen LogP contribution in [0.2, 0.25) is 0 Å². The van der Waals surface area contributed by atoms with E-state index in [0.29, 0.717) is 18.9 Å². The number of amides is 1. The molecule has 118 valence electrons. The van der Waals surface area contributed by atoms with Crippen molar-refractivity contribution in [2.24, 2.45) is 5.92 Å². The summed E-state index contributed by atoms with van der Waals surface area (Å²) in [6.07, 6.45) is 1.01. The molecule has 5 nitrogen and oxygen atoms in total. The van der Waals surface area contributed by atoms with E-state index >= 15 is 0 Å². The van der Waals surface area contributed by atoms with Gasteiger partial charge < -0.3 is 9.84 Å². The van der Waals surface area contributed by atoms with Crippen LogP contribution < -0.4 is 0 Å². The second kappa shape index (κ2) is 8.25. The Balaban J connectivity index is 0.00000172. The summed E-state index contributed by atoms with van der Waals surface area (Å²) >= 11 is 0. The van der Waals surface area contributed by atoms with Crippen molar-refractivity contribution in [2.45, 2.75) is 66.0 Å². The molecule has 0 aromatic carbocycles. The first-order valence-electron chi connectivity index (χ1n) is 7.38. The highest BCUT2D eigenvalue weighted by atomic mass is 16.6. The number of ketones is 1. The molecule has 0 bridgehead atoms. The molecular formula is C15H29NO4. The maximum atomic E-state index is 12.1. The molecule has 1 amide bonds. The van der Waals surface area contributed by atoms with Gasteiger partial charge >= 0.3 is 6.09 Å². The second-order valence-corrected chi connectivity index (χ2v) is 5.96. The van der Waals surface area contributed by atoms with Crippen molar-refractivity contribution in [3.05, 3.63) is 0 Å². The molecule has 0 saturated carbocycles. The highest BCUT2D eigenvalue weighted by Gasteiger charge is 2.36. The maximum Gasteiger partial charge on any atom is 0.410 e. The standard InChI is InChI=1S/C13H23NO4.C2H6/c1-9-5-6-10(11(16)8-15)14(7-9)12(17)18-13(2,3)4;1-2/h9-10,15H,5-8H2,1-4H3;1-2H3. The van der Waals surface area contributed by atoms with Gasteiger partial charge in [0.2, 0.25) is 0 Å². The van der Waals surface area contributed by atoms with Crippen LogP contribution in [0.3, 0.4) is 0 Å². The molecule has 1 aliphatic rings. The van der Waals surface area contributed by atoms with Gasteiger partial charge in [-0.25, -0.2) is 4.79 Å². The highest BCUT2D eigenvalue weighted by Crippen LogP contribution is 2.24. The average molecular weight is 287 g/mol. The molecule has 5 heteroatoms. The lowest BCUT2D eigenvalue weighted by Crippen LogP contribution is -2.52. The van der Waals surface area contributed by atoms with Gasteiger partial charge in [-0.05, 0) is 39.5 Å². The number of carbonyl (C=O) groups excluding carboxylic acids is 2. The topological polar surface area (TPSA) is 66.8 Å². The van der Waals surface area contributed by atoms with Gasteiger partial charge in [0.05, 0.1) is 6.04 Å². The fourth-order valence-corrected chi connectivity index (χ4v) is 2.12. The first kappa shape index (κ1) is 18.9. The Hall–Kier alpha value is -1.10. The lowest BCUT2D eigenvalue weighted by molar-refractivity contribution is -0.128. The Bertz CT molecular complexity index is 322. The van der Waals surface area contributed by atoms with Crippen molar-refractivity contribution < 1.29 is 19.4 Å². The Labute approximate surface area is 122 Å². The monoisotopic (exact) mass is 287 g/mol. The summed E-state index contributed by atoms with van der Waals surface area (Å²) in [5.41, 5.74) is -0.579. The van der Waals surface area contributed by atoms with E-state index < -0.39 is 24.3 Å². The van der Waals surface area contributed by atoms with Gasteiger partial charge in [-0.15, -0.1) is 0 Å². The molecular weight excluding hydrogens is 258 g/mol. The summed E-state index contributed by atoms with van der Waals surface area (Å²) in [6, 6.07) is -0.541. The molecule has 1 heterocycles. The summed E-state index contributed by atoms with van der Waals surface area (Å²) in [5, 5.41) is 8.96. The number of likely N-dealkylation sites (tertiary alicyclic amines) is 1. The smallest absolute Gasteiger partial charge is 0.410 e. The highest BCUT2D eigenvalue weighted by molar-refractivity contribution is 5.88. The first-order valence-corrected chi connectivity index (χ1v) is 7.38. The summed E-state index contributed by atoms with van der Waals surface area (Å²) in [4.78, 5) is 25.2. The van der Waals surface area contributed by atoms with Crippen LogP contribution in [0.4, 0.5) is 4.79 Å². The average Bonchev–Trinajstić information content (AvgIpc) is 2.38. The molecule has 0 radical (unpaired) electrons. The van der Waals surface area contributed by atoms with E-state index in [1.54, 1.807) is 20.8 Å². The van der Waals surface area contributed by atoms with Crippen molar-refractivity contribution in [3.63, 3.8) is 0 Å². The van der Waals surface area contributed by atoms with Crippen LogP contribution in [-0.4, -0.2) is 46.7 Å². The van der Waals surface area contributed by atoms with E-state index in [1.165, 1.54) is 4.90 Å². The van der Waals surface area contributed by atoms with Crippen LogP contribution in [0.1, 0.15) is 54.4 Å². The van der Waals surface area contributed by atoms with Crippen LogP contribution in [-0.2, 0) is 9.53 Å². The number of piperidine rings is 1. The number of ether oxygens (including phenoxy) is 1. The lowest BCUT2D eigenvalue weighted by atomic mass is 9.92. The SMILES string of the molecule is CC.CC1CCC(C(=O)CO)N(C(=O)OC(C)(C)C)C1. The van der Waals surface area contributed by atoms with E-state index in [1.807, 2.05) is 20.8 Å². The molecule has 1 aliphatic heterocycles. The first-order chi connectivity index (χ1) is 9.24. The van der Waals surface area contributed by atoms with Gasteiger partial charge in [-0.2, -0.15) is 0 Å². The Morgan fingerprint density at radius 2 is 1.80 bits per heavy atom. The lowest BCUT2D eigenvalue weighted by Gasteiger charge is -2.38. The van der Waals surface area contributed by atoms with Gasteiger partial charge in [-0.1, -0.05) is 20.8 Å². The second-order valence-electron chi connectivity index (χ2n) is 5.96. The number of rotatable bonds is 2. The summed E-state index contributed by atoms with van der Waals surface area (Å²) in [6.45, 7) is 11.4. The molecule has 20 heavy (non-hydrogen) atoms. The molecule has 0 spiro atoms. The third-order valence-corrected chi connectivity index (χ3v) is 2.97. The zero-order valence-electron chi connectivity index (χ0n) is 13.6. The van der Waals surface area contributed by atoms with Gasteiger partial charge in [0.15, 0.2) is 5.78 Å². The number of aliphatic hydroxyl groups is 1. The zero-order valence-corrected chi connectivity index (χ0v) is 13.6.